The molecule has 0 aliphatic carbocycles. The van der Waals surface area contributed by atoms with Crippen LogP contribution in [0.1, 0.15) is 20.3 Å². The van der Waals surface area contributed by atoms with Crippen LogP contribution in [0.15, 0.2) is 30.3 Å². The van der Waals surface area contributed by atoms with Gasteiger partial charge in [0.1, 0.15) is 11.8 Å². The molecule has 0 heterocycles. The lowest BCUT2D eigenvalue weighted by Gasteiger charge is -2.22. The number of carbonyl (C=O) groups is 2. The molecule has 0 bridgehead atoms. The molecule has 5 nitrogen and oxygen atoms in total. The molecule has 1 atom stereocenters. The van der Waals surface area contributed by atoms with E-state index in [1.54, 1.807) is 38.4 Å². The SMILES string of the molecule is CC(C)CC(NC(=O)Oc1ccccc1)C(=O)N(C)C. The van der Waals surface area contributed by atoms with Crippen molar-refractivity contribution in [3.05, 3.63) is 30.3 Å². The van der Waals surface area contributed by atoms with Crippen molar-refractivity contribution in [2.45, 2.75) is 26.3 Å². The number of para-hydroxylation sites is 1. The molecule has 0 aromatic heterocycles. The minimum Gasteiger partial charge on any atom is -0.410 e. The molecule has 2 amide bonds. The van der Waals surface area contributed by atoms with E-state index in [4.69, 9.17) is 4.74 Å². The Morgan fingerprint density at radius 3 is 2.30 bits per heavy atom. The lowest BCUT2D eigenvalue weighted by atomic mass is 10.0. The van der Waals surface area contributed by atoms with Crippen molar-refractivity contribution < 1.29 is 14.3 Å². The van der Waals surface area contributed by atoms with Crippen molar-refractivity contribution in [3.63, 3.8) is 0 Å². The molecule has 1 aromatic rings. The molecule has 0 spiro atoms. The first-order valence-electron chi connectivity index (χ1n) is 6.64. The van der Waals surface area contributed by atoms with Gasteiger partial charge < -0.3 is 15.0 Å². The molecule has 20 heavy (non-hydrogen) atoms. The zero-order chi connectivity index (χ0) is 15.1. The number of likely N-dealkylation sites (N-methyl/N-ethyl adjacent to an activating group) is 1. The summed E-state index contributed by atoms with van der Waals surface area (Å²) in [6.45, 7) is 4.00. The second-order valence-corrected chi connectivity index (χ2v) is 5.26. The molecule has 110 valence electrons. The fourth-order valence-electron chi connectivity index (χ4n) is 1.77. The summed E-state index contributed by atoms with van der Waals surface area (Å²) in [6.07, 6.45) is -0.0435. The highest BCUT2D eigenvalue weighted by Gasteiger charge is 2.24. The lowest BCUT2D eigenvalue weighted by molar-refractivity contribution is -0.131. The van der Waals surface area contributed by atoms with Gasteiger partial charge in [0.25, 0.3) is 0 Å². The molecule has 1 rings (SSSR count). The number of rotatable bonds is 5. The highest BCUT2D eigenvalue weighted by Crippen LogP contribution is 2.10. The Labute approximate surface area is 119 Å². The van der Waals surface area contributed by atoms with Crippen LogP contribution in [0.25, 0.3) is 0 Å². The quantitative estimate of drug-likeness (QED) is 0.899. The monoisotopic (exact) mass is 278 g/mol. The van der Waals surface area contributed by atoms with Crippen molar-refractivity contribution in [3.8, 4) is 5.75 Å². The number of nitrogens with zero attached hydrogens (tertiary/aromatic N) is 1. The molecule has 0 aliphatic rings. The van der Waals surface area contributed by atoms with Crippen LogP contribution >= 0.6 is 0 Å². The number of nitrogens with one attached hydrogen (secondary N) is 1. The van der Waals surface area contributed by atoms with Crippen molar-refractivity contribution in [1.82, 2.24) is 10.2 Å². The molecule has 5 heteroatoms. The maximum absolute atomic E-state index is 12.0. The van der Waals surface area contributed by atoms with Crippen molar-refractivity contribution in [1.29, 1.82) is 0 Å². The third-order valence-corrected chi connectivity index (χ3v) is 2.69. The van der Waals surface area contributed by atoms with Crippen molar-refractivity contribution in [2.24, 2.45) is 5.92 Å². The smallest absolute Gasteiger partial charge is 0.410 e. The summed E-state index contributed by atoms with van der Waals surface area (Å²) < 4.78 is 5.14. The first kappa shape index (κ1) is 16.0. The highest BCUT2D eigenvalue weighted by atomic mass is 16.6. The summed E-state index contributed by atoms with van der Waals surface area (Å²) in [5, 5.41) is 2.63. The number of benzene rings is 1. The van der Waals surface area contributed by atoms with E-state index < -0.39 is 12.1 Å². The van der Waals surface area contributed by atoms with Gasteiger partial charge in [-0.15, -0.1) is 0 Å². The molecule has 1 aromatic carbocycles. The molecular formula is C15H22N2O3. The van der Waals surface area contributed by atoms with Crippen molar-refractivity contribution in [2.75, 3.05) is 14.1 Å². The molecule has 0 radical (unpaired) electrons. The third kappa shape index (κ3) is 5.30. The second kappa shape index (κ2) is 7.53. The predicted molar refractivity (Wildman–Crippen MR) is 77.5 cm³/mol. The zero-order valence-electron chi connectivity index (χ0n) is 12.4. The van der Waals surface area contributed by atoms with Crippen LogP contribution in [0.3, 0.4) is 0 Å². The summed E-state index contributed by atoms with van der Waals surface area (Å²) >= 11 is 0. The molecule has 0 aliphatic heterocycles. The minimum atomic E-state index is -0.614. The maximum Gasteiger partial charge on any atom is 0.413 e. The molecule has 0 saturated carbocycles. The van der Waals surface area contributed by atoms with Crippen LogP contribution in [0, 0.1) is 5.92 Å². The molecule has 0 saturated heterocycles. The van der Waals surface area contributed by atoms with Gasteiger partial charge in [0, 0.05) is 14.1 Å². The summed E-state index contributed by atoms with van der Waals surface area (Å²) in [7, 11) is 3.33. The van der Waals surface area contributed by atoms with Crippen molar-refractivity contribution >= 4 is 12.0 Å². The van der Waals surface area contributed by atoms with Gasteiger partial charge in [0.15, 0.2) is 0 Å². The Morgan fingerprint density at radius 2 is 1.80 bits per heavy atom. The summed E-state index contributed by atoms with van der Waals surface area (Å²) in [5.41, 5.74) is 0. The van der Waals surface area contributed by atoms with E-state index in [1.807, 2.05) is 19.9 Å². The molecule has 1 unspecified atom stereocenters. The van der Waals surface area contributed by atoms with E-state index in [2.05, 4.69) is 5.32 Å². The normalized spacial score (nSPS) is 11.8. The van der Waals surface area contributed by atoms with E-state index >= 15 is 0 Å². The predicted octanol–water partition coefficient (Wildman–Crippen LogP) is 2.28. The third-order valence-electron chi connectivity index (χ3n) is 2.69. The average molecular weight is 278 g/mol. The van der Waals surface area contributed by atoms with E-state index in [1.165, 1.54) is 4.90 Å². The van der Waals surface area contributed by atoms with Crippen LogP contribution in [0.5, 0.6) is 5.75 Å². The van der Waals surface area contributed by atoms with Gasteiger partial charge in [-0.3, -0.25) is 4.79 Å². The van der Waals surface area contributed by atoms with Crippen LogP contribution < -0.4 is 10.1 Å². The number of hydrogen-bond donors (Lipinski definition) is 1. The maximum atomic E-state index is 12.0. The van der Waals surface area contributed by atoms with Crippen LogP contribution in [-0.2, 0) is 4.79 Å². The summed E-state index contributed by atoms with van der Waals surface area (Å²) in [5.74, 6) is 0.607. The Balaban J connectivity index is 2.64. The average Bonchev–Trinajstić information content (AvgIpc) is 2.37. The number of carbonyl (C=O) groups excluding carboxylic acids is 2. The Kier molecular flexibility index (Phi) is 6.03. The highest BCUT2D eigenvalue weighted by molar-refractivity contribution is 5.85. The lowest BCUT2D eigenvalue weighted by Crippen LogP contribution is -2.47. The standard InChI is InChI=1S/C15H22N2O3/c1-11(2)10-13(14(18)17(3)4)16-15(19)20-12-8-6-5-7-9-12/h5-9,11,13H,10H2,1-4H3,(H,16,19). The minimum absolute atomic E-state index is 0.135. The number of amides is 2. The van der Waals surface area contributed by atoms with E-state index in [-0.39, 0.29) is 5.91 Å². The Bertz CT molecular complexity index is 444. The van der Waals surface area contributed by atoms with Gasteiger partial charge in [-0.25, -0.2) is 4.79 Å². The Hall–Kier alpha value is -2.04. The number of hydrogen-bond acceptors (Lipinski definition) is 3. The van der Waals surface area contributed by atoms with Gasteiger partial charge in [-0.05, 0) is 24.5 Å². The van der Waals surface area contributed by atoms with Crippen LogP contribution in [0.4, 0.5) is 4.79 Å². The van der Waals surface area contributed by atoms with Gasteiger partial charge in [-0.1, -0.05) is 32.0 Å². The first-order chi connectivity index (χ1) is 9.40. The van der Waals surface area contributed by atoms with E-state index in [0.717, 1.165) is 0 Å². The van der Waals surface area contributed by atoms with Crippen LogP contribution in [0.2, 0.25) is 0 Å². The molecular weight excluding hydrogens is 256 g/mol. The number of ether oxygens (including phenoxy) is 1. The Morgan fingerprint density at radius 1 is 1.20 bits per heavy atom. The zero-order valence-corrected chi connectivity index (χ0v) is 12.4. The molecule has 1 N–H and O–H groups in total. The fourth-order valence-corrected chi connectivity index (χ4v) is 1.77. The van der Waals surface area contributed by atoms with Gasteiger partial charge >= 0.3 is 6.09 Å². The largest absolute Gasteiger partial charge is 0.413 e. The second-order valence-electron chi connectivity index (χ2n) is 5.26. The van der Waals surface area contributed by atoms with Gasteiger partial charge in [0.2, 0.25) is 5.91 Å². The van der Waals surface area contributed by atoms with Gasteiger partial charge in [-0.2, -0.15) is 0 Å². The fraction of sp³-hybridized carbons (Fsp3) is 0.467. The van der Waals surface area contributed by atoms with Crippen LogP contribution in [-0.4, -0.2) is 37.0 Å². The topological polar surface area (TPSA) is 58.6 Å². The van der Waals surface area contributed by atoms with Gasteiger partial charge in [0.05, 0.1) is 0 Å². The molecule has 0 fully saturated rings. The van der Waals surface area contributed by atoms with E-state index in [0.29, 0.717) is 18.1 Å². The summed E-state index contributed by atoms with van der Waals surface area (Å²) in [6, 6.07) is 8.19. The van der Waals surface area contributed by atoms with E-state index in [9.17, 15) is 9.59 Å². The first-order valence-corrected chi connectivity index (χ1v) is 6.64. The summed E-state index contributed by atoms with van der Waals surface area (Å²) in [4.78, 5) is 25.3.